The predicted octanol–water partition coefficient (Wildman–Crippen LogP) is 2.11. The highest BCUT2D eigenvalue weighted by atomic mass is 16.1. The number of hydrogen-bond donors (Lipinski definition) is 2. The number of anilines is 1. The Balaban J connectivity index is 2.03. The van der Waals surface area contributed by atoms with Gasteiger partial charge in [-0.05, 0) is 37.6 Å². The van der Waals surface area contributed by atoms with Crippen LogP contribution in [0.25, 0.3) is 5.69 Å². The quantitative estimate of drug-likeness (QED) is 0.853. The number of para-hydroxylation sites is 2. The summed E-state index contributed by atoms with van der Waals surface area (Å²) in [7, 11) is 0. The van der Waals surface area contributed by atoms with E-state index in [0.29, 0.717) is 6.42 Å². The molecule has 1 aromatic heterocycles. The lowest BCUT2D eigenvalue weighted by molar-refractivity contribution is -0.119. The van der Waals surface area contributed by atoms with E-state index < -0.39 is 6.04 Å². The third kappa shape index (κ3) is 4.03. The van der Waals surface area contributed by atoms with Crippen LogP contribution in [0.1, 0.15) is 19.8 Å². The molecule has 0 unspecified atom stereocenters. The van der Waals surface area contributed by atoms with Crippen LogP contribution in [-0.4, -0.2) is 22.3 Å². The van der Waals surface area contributed by atoms with Crippen LogP contribution < -0.4 is 11.1 Å². The highest BCUT2D eigenvalue weighted by Crippen LogP contribution is 2.20. The first-order valence-corrected chi connectivity index (χ1v) is 6.86. The van der Waals surface area contributed by atoms with Crippen molar-refractivity contribution in [2.24, 2.45) is 5.73 Å². The minimum atomic E-state index is -0.574. The first-order chi connectivity index (χ1) is 10.1. The van der Waals surface area contributed by atoms with E-state index in [1.54, 1.807) is 0 Å². The number of ketones is 1. The number of aromatic nitrogens is 1. The van der Waals surface area contributed by atoms with E-state index in [4.69, 9.17) is 5.73 Å². The van der Waals surface area contributed by atoms with Gasteiger partial charge in [0.1, 0.15) is 5.78 Å². The van der Waals surface area contributed by atoms with Crippen LogP contribution in [0, 0.1) is 0 Å². The van der Waals surface area contributed by atoms with Gasteiger partial charge in [-0.3, -0.25) is 9.59 Å². The van der Waals surface area contributed by atoms with Gasteiger partial charge in [0, 0.05) is 18.8 Å². The van der Waals surface area contributed by atoms with E-state index in [9.17, 15) is 9.59 Å². The molecule has 1 heterocycles. The Kier molecular flexibility index (Phi) is 4.90. The second-order valence-corrected chi connectivity index (χ2v) is 4.91. The fourth-order valence-corrected chi connectivity index (χ4v) is 2.00. The summed E-state index contributed by atoms with van der Waals surface area (Å²) in [5.41, 5.74) is 7.26. The molecule has 3 N–H and O–H groups in total. The maximum absolute atomic E-state index is 12.0. The highest BCUT2D eigenvalue weighted by Gasteiger charge is 2.12. The Morgan fingerprint density at radius 3 is 2.52 bits per heavy atom. The van der Waals surface area contributed by atoms with Gasteiger partial charge in [0.15, 0.2) is 0 Å². The van der Waals surface area contributed by atoms with E-state index in [2.05, 4.69) is 5.32 Å². The number of Topliss-reactive ketones (excluding diaryl/α,β-unsaturated/α-hetero) is 1. The minimum absolute atomic E-state index is 0.101. The molecule has 0 saturated heterocycles. The molecule has 0 aliphatic heterocycles. The minimum Gasteiger partial charge on any atom is -0.324 e. The summed E-state index contributed by atoms with van der Waals surface area (Å²) in [6.07, 6.45) is 4.40. The summed E-state index contributed by atoms with van der Waals surface area (Å²) in [6, 6.07) is 10.8. The van der Waals surface area contributed by atoms with E-state index >= 15 is 0 Å². The van der Waals surface area contributed by atoms with Crippen LogP contribution >= 0.6 is 0 Å². The van der Waals surface area contributed by atoms with E-state index in [1.165, 1.54) is 6.92 Å². The summed E-state index contributed by atoms with van der Waals surface area (Å²) >= 11 is 0. The Hall–Kier alpha value is -2.40. The van der Waals surface area contributed by atoms with Crippen LogP contribution in [-0.2, 0) is 9.59 Å². The Bertz CT molecular complexity index is 620. The average Bonchev–Trinajstić information content (AvgIpc) is 2.99. The van der Waals surface area contributed by atoms with Crippen molar-refractivity contribution in [3.05, 3.63) is 48.8 Å². The average molecular weight is 285 g/mol. The zero-order chi connectivity index (χ0) is 15.2. The number of nitrogens with zero attached hydrogens (tertiary/aromatic N) is 1. The van der Waals surface area contributed by atoms with Crippen molar-refractivity contribution >= 4 is 17.4 Å². The van der Waals surface area contributed by atoms with Crippen molar-refractivity contribution in [1.29, 1.82) is 0 Å². The third-order valence-electron chi connectivity index (χ3n) is 3.27. The lowest BCUT2D eigenvalue weighted by atomic mass is 10.1. The number of nitrogens with one attached hydrogen (secondary N) is 1. The van der Waals surface area contributed by atoms with Gasteiger partial charge in [0.25, 0.3) is 0 Å². The second-order valence-electron chi connectivity index (χ2n) is 4.91. The number of carbonyl (C=O) groups excluding carboxylic acids is 2. The number of amides is 1. The van der Waals surface area contributed by atoms with E-state index in [1.807, 2.05) is 53.4 Å². The van der Waals surface area contributed by atoms with Crippen LogP contribution in [0.3, 0.4) is 0 Å². The second kappa shape index (κ2) is 6.85. The molecule has 0 saturated carbocycles. The van der Waals surface area contributed by atoms with Crippen LogP contribution in [0.5, 0.6) is 0 Å². The zero-order valence-electron chi connectivity index (χ0n) is 12.0. The molecular formula is C16H19N3O2. The lowest BCUT2D eigenvalue weighted by Crippen LogP contribution is -2.29. The van der Waals surface area contributed by atoms with Gasteiger partial charge in [-0.15, -0.1) is 0 Å². The van der Waals surface area contributed by atoms with Gasteiger partial charge >= 0.3 is 0 Å². The normalized spacial score (nSPS) is 11.9. The molecule has 0 aliphatic carbocycles. The molecule has 5 heteroatoms. The van der Waals surface area contributed by atoms with Crippen LogP contribution in [0.15, 0.2) is 48.8 Å². The molecule has 5 nitrogen and oxygen atoms in total. The summed E-state index contributed by atoms with van der Waals surface area (Å²) in [4.78, 5) is 23.0. The van der Waals surface area contributed by atoms with Crippen LogP contribution in [0.4, 0.5) is 5.69 Å². The molecule has 2 aromatic rings. The van der Waals surface area contributed by atoms with Crippen molar-refractivity contribution < 1.29 is 9.59 Å². The largest absolute Gasteiger partial charge is 0.324 e. The smallest absolute Gasteiger partial charge is 0.224 e. The number of rotatable bonds is 6. The van der Waals surface area contributed by atoms with E-state index in [-0.39, 0.29) is 18.1 Å². The maximum Gasteiger partial charge on any atom is 0.224 e. The fourth-order valence-electron chi connectivity index (χ4n) is 2.00. The molecule has 0 bridgehead atoms. The monoisotopic (exact) mass is 285 g/mol. The summed E-state index contributed by atoms with van der Waals surface area (Å²) in [5, 5.41) is 2.87. The van der Waals surface area contributed by atoms with Crippen molar-refractivity contribution in [3.8, 4) is 5.69 Å². The number of nitrogens with two attached hydrogens (primary N) is 1. The van der Waals surface area contributed by atoms with Crippen molar-refractivity contribution in [2.75, 3.05) is 5.32 Å². The molecule has 2 rings (SSSR count). The van der Waals surface area contributed by atoms with Gasteiger partial charge in [-0.1, -0.05) is 12.1 Å². The Morgan fingerprint density at radius 1 is 1.19 bits per heavy atom. The predicted molar refractivity (Wildman–Crippen MR) is 82.3 cm³/mol. The number of carbonyl (C=O) groups is 2. The van der Waals surface area contributed by atoms with Crippen molar-refractivity contribution in [2.45, 2.75) is 25.8 Å². The van der Waals surface area contributed by atoms with Crippen molar-refractivity contribution in [3.63, 3.8) is 0 Å². The molecule has 1 aromatic carbocycles. The molecule has 1 atom stereocenters. The third-order valence-corrected chi connectivity index (χ3v) is 3.27. The van der Waals surface area contributed by atoms with Gasteiger partial charge in [-0.25, -0.2) is 0 Å². The van der Waals surface area contributed by atoms with Crippen molar-refractivity contribution in [1.82, 2.24) is 4.57 Å². The summed E-state index contributed by atoms with van der Waals surface area (Å²) < 4.78 is 1.93. The van der Waals surface area contributed by atoms with Gasteiger partial charge in [0.05, 0.1) is 17.4 Å². The van der Waals surface area contributed by atoms with Gasteiger partial charge in [0.2, 0.25) is 5.91 Å². The Morgan fingerprint density at radius 2 is 1.86 bits per heavy atom. The molecule has 0 radical (unpaired) electrons. The standard InChI is InChI=1S/C16H19N3O2/c1-12(20)13(17)8-9-16(21)18-14-6-2-3-7-15(14)19-10-4-5-11-19/h2-7,10-11,13H,8-9,17H2,1H3,(H,18,21)/t13-/m0/s1. The fraction of sp³-hybridized carbons (Fsp3) is 0.250. The molecule has 0 spiro atoms. The van der Waals surface area contributed by atoms with E-state index in [0.717, 1.165) is 11.4 Å². The molecular weight excluding hydrogens is 266 g/mol. The first kappa shape index (κ1) is 15.0. The topological polar surface area (TPSA) is 77.1 Å². The summed E-state index contributed by atoms with van der Waals surface area (Å²) in [6.45, 7) is 1.43. The molecule has 0 fully saturated rings. The lowest BCUT2D eigenvalue weighted by Gasteiger charge is -2.12. The van der Waals surface area contributed by atoms with Gasteiger partial charge < -0.3 is 15.6 Å². The zero-order valence-corrected chi connectivity index (χ0v) is 12.0. The summed E-state index contributed by atoms with van der Waals surface area (Å²) in [5.74, 6) is -0.248. The molecule has 0 aliphatic rings. The molecule has 110 valence electrons. The van der Waals surface area contributed by atoms with Crippen LogP contribution in [0.2, 0.25) is 0 Å². The molecule has 21 heavy (non-hydrogen) atoms. The SMILES string of the molecule is CC(=O)[C@@H](N)CCC(=O)Nc1ccccc1-n1cccc1. The maximum atomic E-state index is 12.0. The Labute approximate surface area is 123 Å². The first-order valence-electron chi connectivity index (χ1n) is 6.86. The number of benzene rings is 1. The molecule has 1 amide bonds. The highest BCUT2D eigenvalue weighted by molar-refractivity contribution is 5.93. The number of hydrogen-bond acceptors (Lipinski definition) is 3. The van der Waals surface area contributed by atoms with Gasteiger partial charge in [-0.2, -0.15) is 0 Å².